The predicted octanol–water partition coefficient (Wildman–Crippen LogP) is -0.223. The number of hydrogen-bond acceptors (Lipinski definition) is 5. The largest absolute Gasteiger partial charge is 0.465 e. The molecule has 18 heavy (non-hydrogen) atoms. The summed E-state index contributed by atoms with van der Waals surface area (Å²) in [4.78, 5) is 24.6. The van der Waals surface area contributed by atoms with Gasteiger partial charge >= 0.3 is 5.97 Å². The van der Waals surface area contributed by atoms with Gasteiger partial charge in [-0.25, -0.2) is 0 Å². The van der Waals surface area contributed by atoms with Crippen molar-refractivity contribution in [3.05, 3.63) is 0 Å². The van der Waals surface area contributed by atoms with Crippen molar-refractivity contribution in [2.75, 3.05) is 40.0 Å². The van der Waals surface area contributed by atoms with Crippen LogP contribution in [-0.2, 0) is 19.1 Å². The maximum absolute atomic E-state index is 11.7. The van der Waals surface area contributed by atoms with Gasteiger partial charge in [-0.2, -0.15) is 0 Å². The van der Waals surface area contributed by atoms with Crippen LogP contribution < -0.4 is 5.32 Å². The van der Waals surface area contributed by atoms with Gasteiger partial charge in [0, 0.05) is 19.3 Å². The van der Waals surface area contributed by atoms with Crippen LogP contribution in [0.2, 0.25) is 0 Å². The van der Waals surface area contributed by atoms with E-state index in [9.17, 15) is 9.59 Å². The Hall–Kier alpha value is -1.14. The lowest BCUT2D eigenvalue weighted by atomic mass is 10.1. The van der Waals surface area contributed by atoms with Gasteiger partial charge in [-0.15, -0.1) is 0 Å². The standard InChI is InChI=1S/C12H22N2O4/c1-3-18-12(16)9-14(2)8-11(15)13-10-4-6-17-7-5-10/h10H,3-9H2,1-2H3,(H,13,15). The molecule has 104 valence electrons. The third-order valence-electron chi connectivity index (χ3n) is 2.70. The highest BCUT2D eigenvalue weighted by Crippen LogP contribution is 2.05. The zero-order valence-corrected chi connectivity index (χ0v) is 11.1. The number of likely N-dealkylation sites (N-methyl/N-ethyl adjacent to an activating group) is 1. The van der Waals surface area contributed by atoms with Gasteiger partial charge in [0.25, 0.3) is 0 Å². The van der Waals surface area contributed by atoms with E-state index in [1.54, 1.807) is 18.9 Å². The van der Waals surface area contributed by atoms with Gasteiger partial charge in [0.15, 0.2) is 0 Å². The second-order valence-corrected chi connectivity index (χ2v) is 4.43. The van der Waals surface area contributed by atoms with E-state index in [4.69, 9.17) is 9.47 Å². The fourth-order valence-corrected chi connectivity index (χ4v) is 1.84. The highest BCUT2D eigenvalue weighted by atomic mass is 16.5. The Morgan fingerprint density at radius 3 is 2.61 bits per heavy atom. The van der Waals surface area contributed by atoms with Crippen molar-refractivity contribution in [1.29, 1.82) is 0 Å². The summed E-state index contributed by atoms with van der Waals surface area (Å²) in [6, 6.07) is 0.197. The third kappa shape index (κ3) is 5.97. The molecule has 0 atom stereocenters. The van der Waals surface area contributed by atoms with E-state index in [1.807, 2.05) is 0 Å². The van der Waals surface area contributed by atoms with Crippen LogP contribution in [0.4, 0.5) is 0 Å². The van der Waals surface area contributed by atoms with E-state index in [2.05, 4.69) is 5.32 Å². The maximum atomic E-state index is 11.7. The van der Waals surface area contributed by atoms with E-state index in [-0.39, 0.29) is 31.0 Å². The molecule has 0 aromatic heterocycles. The average molecular weight is 258 g/mol. The summed E-state index contributed by atoms with van der Waals surface area (Å²) in [6.45, 7) is 3.86. The van der Waals surface area contributed by atoms with Crippen LogP contribution >= 0.6 is 0 Å². The SMILES string of the molecule is CCOC(=O)CN(C)CC(=O)NC1CCOCC1. The number of nitrogens with one attached hydrogen (secondary N) is 1. The van der Waals surface area contributed by atoms with Gasteiger partial charge in [-0.3, -0.25) is 14.5 Å². The number of rotatable bonds is 6. The Bertz CT molecular complexity index is 277. The molecule has 1 N–H and O–H groups in total. The first-order valence-corrected chi connectivity index (χ1v) is 6.33. The Morgan fingerprint density at radius 1 is 1.33 bits per heavy atom. The van der Waals surface area contributed by atoms with Crippen LogP contribution in [0.3, 0.4) is 0 Å². The van der Waals surface area contributed by atoms with Gasteiger partial charge in [-0.1, -0.05) is 0 Å². The predicted molar refractivity (Wildman–Crippen MR) is 66.1 cm³/mol. The minimum Gasteiger partial charge on any atom is -0.465 e. The van der Waals surface area contributed by atoms with Crippen molar-refractivity contribution < 1.29 is 19.1 Å². The molecule has 0 aromatic carbocycles. The first kappa shape index (κ1) is 14.9. The first-order chi connectivity index (χ1) is 8.61. The second kappa shape index (κ2) is 8.05. The minimum absolute atomic E-state index is 0.0614. The summed E-state index contributed by atoms with van der Waals surface area (Å²) in [5, 5.41) is 2.94. The Kier molecular flexibility index (Phi) is 6.67. The molecule has 0 aliphatic carbocycles. The highest BCUT2D eigenvalue weighted by Gasteiger charge is 2.17. The van der Waals surface area contributed by atoms with Crippen LogP contribution in [0, 0.1) is 0 Å². The summed E-state index contributed by atoms with van der Waals surface area (Å²) in [6.07, 6.45) is 1.71. The normalized spacial score (nSPS) is 16.6. The Morgan fingerprint density at radius 2 is 2.00 bits per heavy atom. The lowest BCUT2D eigenvalue weighted by molar-refractivity contribution is -0.144. The van der Waals surface area contributed by atoms with Crippen molar-refractivity contribution >= 4 is 11.9 Å². The maximum Gasteiger partial charge on any atom is 0.320 e. The molecule has 0 spiro atoms. The summed E-state index contributed by atoms with van der Waals surface area (Å²) in [5.41, 5.74) is 0. The number of ether oxygens (including phenoxy) is 2. The van der Waals surface area contributed by atoms with Crippen molar-refractivity contribution in [2.45, 2.75) is 25.8 Å². The number of amides is 1. The molecular weight excluding hydrogens is 236 g/mol. The number of carbonyl (C=O) groups excluding carboxylic acids is 2. The van der Waals surface area contributed by atoms with Crippen LogP contribution in [0.25, 0.3) is 0 Å². The molecule has 1 heterocycles. The smallest absolute Gasteiger partial charge is 0.320 e. The fourth-order valence-electron chi connectivity index (χ4n) is 1.84. The molecule has 1 saturated heterocycles. The van der Waals surface area contributed by atoms with E-state index in [0.717, 1.165) is 12.8 Å². The molecule has 6 heteroatoms. The molecule has 6 nitrogen and oxygen atoms in total. The number of carbonyl (C=O) groups is 2. The molecule has 0 bridgehead atoms. The van der Waals surface area contributed by atoms with Gasteiger partial charge in [-0.05, 0) is 26.8 Å². The molecule has 0 saturated carbocycles. The molecular formula is C12H22N2O4. The van der Waals surface area contributed by atoms with Gasteiger partial charge in [0.2, 0.25) is 5.91 Å². The van der Waals surface area contributed by atoms with Crippen molar-refractivity contribution in [3.8, 4) is 0 Å². The Labute approximate surface area is 108 Å². The van der Waals surface area contributed by atoms with Gasteiger partial charge in [0.1, 0.15) is 0 Å². The molecule has 0 radical (unpaired) electrons. The zero-order chi connectivity index (χ0) is 13.4. The second-order valence-electron chi connectivity index (χ2n) is 4.43. The molecule has 0 unspecified atom stereocenters. The third-order valence-corrected chi connectivity index (χ3v) is 2.70. The minimum atomic E-state index is -0.307. The topological polar surface area (TPSA) is 67.9 Å². The molecule has 1 aliphatic rings. The van der Waals surface area contributed by atoms with Crippen LogP contribution in [0.15, 0.2) is 0 Å². The van der Waals surface area contributed by atoms with Gasteiger partial charge in [0.05, 0.1) is 19.7 Å². The molecule has 1 fully saturated rings. The lowest BCUT2D eigenvalue weighted by Crippen LogP contribution is -2.44. The summed E-state index contributed by atoms with van der Waals surface area (Å²) in [7, 11) is 1.72. The molecule has 1 rings (SSSR count). The van der Waals surface area contributed by atoms with Gasteiger partial charge < -0.3 is 14.8 Å². The molecule has 1 aliphatic heterocycles. The van der Waals surface area contributed by atoms with E-state index < -0.39 is 0 Å². The van der Waals surface area contributed by atoms with Crippen LogP contribution in [-0.4, -0.2) is 62.8 Å². The van der Waals surface area contributed by atoms with Crippen molar-refractivity contribution in [2.24, 2.45) is 0 Å². The molecule has 1 amide bonds. The summed E-state index contributed by atoms with van der Waals surface area (Å²) in [5.74, 6) is -0.368. The molecule has 0 aromatic rings. The lowest BCUT2D eigenvalue weighted by Gasteiger charge is -2.24. The quantitative estimate of drug-likeness (QED) is 0.667. The summed E-state index contributed by atoms with van der Waals surface area (Å²) < 4.78 is 10.0. The fraction of sp³-hybridized carbons (Fsp3) is 0.833. The summed E-state index contributed by atoms with van der Waals surface area (Å²) >= 11 is 0. The average Bonchev–Trinajstić information content (AvgIpc) is 2.29. The van der Waals surface area contributed by atoms with Crippen LogP contribution in [0.5, 0.6) is 0 Å². The number of nitrogens with zero attached hydrogens (tertiary/aromatic N) is 1. The van der Waals surface area contributed by atoms with Crippen LogP contribution in [0.1, 0.15) is 19.8 Å². The van der Waals surface area contributed by atoms with E-state index in [0.29, 0.717) is 19.8 Å². The zero-order valence-electron chi connectivity index (χ0n) is 11.1. The number of esters is 1. The van der Waals surface area contributed by atoms with Crippen molar-refractivity contribution in [3.63, 3.8) is 0 Å². The highest BCUT2D eigenvalue weighted by molar-refractivity contribution is 5.79. The van der Waals surface area contributed by atoms with E-state index >= 15 is 0 Å². The monoisotopic (exact) mass is 258 g/mol. The van der Waals surface area contributed by atoms with Crippen molar-refractivity contribution in [1.82, 2.24) is 10.2 Å². The van der Waals surface area contributed by atoms with E-state index in [1.165, 1.54) is 0 Å². The number of hydrogen-bond donors (Lipinski definition) is 1. The first-order valence-electron chi connectivity index (χ1n) is 6.33. The Balaban J connectivity index is 2.19.